The lowest BCUT2D eigenvalue weighted by Crippen LogP contribution is -2.53. The molecule has 0 spiro atoms. The molecule has 1 aromatic carbocycles. The molecule has 0 aliphatic carbocycles. The van der Waals surface area contributed by atoms with E-state index in [9.17, 15) is 9.59 Å². The predicted octanol–water partition coefficient (Wildman–Crippen LogP) is 2.43. The number of aryl methyl sites for hydroxylation is 1. The van der Waals surface area contributed by atoms with Crippen LogP contribution < -0.4 is 0 Å². The Morgan fingerprint density at radius 3 is 2.90 bits per heavy atom. The monoisotopic (exact) mass is 324 g/mol. The molecule has 2 heterocycles. The van der Waals surface area contributed by atoms with Crippen LogP contribution in [0, 0.1) is 5.92 Å². The fourth-order valence-corrected chi connectivity index (χ4v) is 3.38. The Morgan fingerprint density at radius 1 is 1.43 bits per heavy atom. The van der Waals surface area contributed by atoms with Crippen molar-refractivity contribution < 1.29 is 14.7 Å². The van der Waals surface area contributed by atoms with Crippen LogP contribution in [0.4, 0.5) is 0 Å². The van der Waals surface area contributed by atoms with Crippen molar-refractivity contribution in [1.82, 2.24) is 9.88 Å². The van der Waals surface area contributed by atoms with Crippen LogP contribution in [0.2, 0.25) is 5.02 Å². The van der Waals surface area contributed by atoms with E-state index >= 15 is 0 Å². The number of hydrogen-bond donors (Lipinski definition) is 1. The van der Waals surface area contributed by atoms with Gasteiger partial charge in [-0.05, 0) is 18.2 Å². The van der Waals surface area contributed by atoms with Gasteiger partial charge in [0.25, 0.3) is 0 Å². The van der Waals surface area contributed by atoms with Crippen molar-refractivity contribution in [3.05, 3.63) is 28.2 Å². The average molecular weight is 325 g/mol. The number of carboxylic acids is 1. The Morgan fingerprint density at radius 2 is 2.19 bits per heavy atom. The normalized spacial score (nSPS) is 15.2. The van der Waals surface area contributed by atoms with Crippen LogP contribution in [0.5, 0.6) is 0 Å². The number of carbonyl (C=O) groups is 2. The average Bonchev–Trinajstić information content (AvgIpc) is 2.76. The SMILES string of the molecule is O=C(O)C1CN(C(=O)CCc2nc3cc(Cl)ccc3s2)C1. The van der Waals surface area contributed by atoms with Gasteiger partial charge in [0.15, 0.2) is 0 Å². The van der Waals surface area contributed by atoms with Gasteiger partial charge in [0.05, 0.1) is 21.1 Å². The van der Waals surface area contributed by atoms with Crippen molar-refractivity contribution in [2.24, 2.45) is 5.92 Å². The first kappa shape index (κ1) is 14.3. The van der Waals surface area contributed by atoms with Crippen molar-refractivity contribution in [3.8, 4) is 0 Å². The highest BCUT2D eigenvalue weighted by atomic mass is 35.5. The topological polar surface area (TPSA) is 70.5 Å². The maximum Gasteiger partial charge on any atom is 0.310 e. The Hall–Kier alpha value is -1.66. The van der Waals surface area contributed by atoms with E-state index in [0.717, 1.165) is 15.2 Å². The summed E-state index contributed by atoms with van der Waals surface area (Å²) in [4.78, 5) is 28.7. The van der Waals surface area contributed by atoms with Gasteiger partial charge in [-0.2, -0.15) is 0 Å². The minimum Gasteiger partial charge on any atom is -0.481 e. The molecular weight excluding hydrogens is 312 g/mol. The van der Waals surface area contributed by atoms with Gasteiger partial charge in [-0.1, -0.05) is 11.6 Å². The van der Waals surface area contributed by atoms with Gasteiger partial charge in [-0.25, -0.2) is 4.98 Å². The molecule has 110 valence electrons. The van der Waals surface area contributed by atoms with E-state index < -0.39 is 11.9 Å². The van der Waals surface area contributed by atoms with Crippen LogP contribution in [0.25, 0.3) is 10.2 Å². The minimum atomic E-state index is -0.831. The van der Waals surface area contributed by atoms with E-state index in [1.807, 2.05) is 18.2 Å². The Bertz CT molecular complexity index is 709. The lowest BCUT2D eigenvalue weighted by molar-refractivity contribution is -0.152. The van der Waals surface area contributed by atoms with Crippen LogP contribution in [0.3, 0.4) is 0 Å². The third-order valence-corrected chi connectivity index (χ3v) is 4.86. The van der Waals surface area contributed by atoms with Gasteiger partial charge in [0, 0.05) is 31.0 Å². The Balaban J connectivity index is 1.57. The molecule has 3 rings (SSSR count). The minimum absolute atomic E-state index is 0.00946. The number of fused-ring (bicyclic) bond motifs is 1. The highest BCUT2D eigenvalue weighted by Gasteiger charge is 2.35. The summed E-state index contributed by atoms with van der Waals surface area (Å²) in [7, 11) is 0. The molecule has 1 aromatic heterocycles. The van der Waals surface area contributed by atoms with Crippen molar-refractivity contribution in [2.45, 2.75) is 12.8 Å². The summed E-state index contributed by atoms with van der Waals surface area (Å²) in [6.07, 6.45) is 0.934. The van der Waals surface area contributed by atoms with Crippen molar-refractivity contribution in [1.29, 1.82) is 0 Å². The zero-order valence-corrected chi connectivity index (χ0v) is 12.7. The van der Waals surface area contributed by atoms with E-state index in [2.05, 4.69) is 4.98 Å². The Kier molecular flexibility index (Phi) is 3.82. The second-order valence-electron chi connectivity index (χ2n) is 5.05. The molecule has 0 unspecified atom stereocenters. The van der Waals surface area contributed by atoms with E-state index in [-0.39, 0.29) is 5.91 Å². The Labute approximate surface area is 130 Å². The van der Waals surface area contributed by atoms with Crippen LogP contribution in [0.1, 0.15) is 11.4 Å². The number of halogens is 1. The van der Waals surface area contributed by atoms with Gasteiger partial charge in [-0.3, -0.25) is 9.59 Å². The predicted molar refractivity (Wildman–Crippen MR) is 80.7 cm³/mol. The van der Waals surface area contributed by atoms with Crippen LogP contribution in [-0.4, -0.2) is 40.0 Å². The summed E-state index contributed by atoms with van der Waals surface area (Å²) in [5.41, 5.74) is 0.852. The molecule has 1 amide bonds. The highest BCUT2D eigenvalue weighted by molar-refractivity contribution is 7.18. The van der Waals surface area contributed by atoms with Crippen LogP contribution in [-0.2, 0) is 16.0 Å². The number of aromatic nitrogens is 1. The van der Waals surface area contributed by atoms with Gasteiger partial charge in [0.1, 0.15) is 0 Å². The van der Waals surface area contributed by atoms with Gasteiger partial charge in [0.2, 0.25) is 5.91 Å². The van der Waals surface area contributed by atoms with Crippen LogP contribution in [0.15, 0.2) is 18.2 Å². The molecule has 0 atom stereocenters. The molecule has 1 fully saturated rings. The third-order valence-electron chi connectivity index (χ3n) is 3.53. The lowest BCUT2D eigenvalue weighted by Gasteiger charge is -2.36. The van der Waals surface area contributed by atoms with E-state index in [0.29, 0.717) is 31.0 Å². The molecule has 0 saturated carbocycles. The molecule has 21 heavy (non-hydrogen) atoms. The lowest BCUT2D eigenvalue weighted by atomic mass is 10.00. The van der Waals surface area contributed by atoms with Gasteiger partial charge in [-0.15, -0.1) is 11.3 Å². The molecule has 1 N–H and O–H groups in total. The van der Waals surface area contributed by atoms with E-state index in [1.54, 1.807) is 16.2 Å². The summed E-state index contributed by atoms with van der Waals surface area (Å²) in [6.45, 7) is 0.646. The summed E-state index contributed by atoms with van der Waals surface area (Å²) >= 11 is 7.47. The highest BCUT2D eigenvalue weighted by Crippen LogP contribution is 2.26. The molecule has 0 radical (unpaired) electrons. The number of hydrogen-bond acceptors (Lipinski definition) is 4. The standard InChI is InChI=1S/C14H13ClN2O3S/c15-9-1-2-11-10(5-9)16-12(21-11)3-4-13(18)17-6-8(7-17)14(19)20/h1-2,5,8H,3-4,6-7H2,(H,19,20). The first-order valence-electron chi connectivity index (χ1n) is 6.58. The summed E-state index contributed by atoms with van der Waals surface area (Å²) < 4.78 is 1.05. The van der Waals surface area contributed by atoms with Gasteiger partial charge < -0.3 is 10.0 Å². The van der Waals surface area contributed by atoms with Crippen LogP contribution >= 0.6 is 22.9 Å². The van der Waals surface area contributed by atoms with Crippen molar-refractivity contribution in [3.63, 3.8) is 0 Å². The molecule has 7 heteroatoms. The van der Waals surface area contributed by atoms with Crippen molar-refractivity contribution in [2.75, 3.05) is 13.1 Å². The first-order valence-corrected chi connectivity index (χ1v) is 7.78. The fourth-order valence-electron chi connectivity index (χ4n) is 2.27. The maximum absolute atomic E-state index is 11.9. The van der Waals surface area contributed by atoms with E-state index in [1.165, 1.54) is 0 Å². The molecule has 2 aromatic rings. The zero-order valence-electron chi connectivity index (χ0n) is 11.1. The largest absolute Gasteiger partial charge is 0.481 e. The number of likely N-dealkylation sites (tertiary alicyclic amines) is 1. The molecule has 5 nitrogen and oxygen atoms in total. The number of carboxylic acid groups (broad SMARTS) is 1. The van der Waals surface area contributed by atoms with Gasteiger partial charge >= 0.3 is 5.97 Å². The number of amides is 1. The maximum atomic E-state index is 11.9. The second-order valence-corrected chi connectivity index (χ2v) is 6.61. The molecular formula is C14H13ClN2O3S. The first-order chi connectivity index (χ1) is 10.0. The molecule has 1 aliphatic rings. The fraction of sp³-hybridized carbons (Fsp3) is 0.357. The third kappa shape index (κ3) is 3.01. The second kappa shape index (κ2) is 5.61. The summed E-state index contributed by atoms with van der Waals surface area (Å²) in [6, 6.07) is 5.56. The summed E-state index contributed by atoms with van der Waals surface area (Å²) in [5, 5.41) is 10.3. The zero-order chi connectivity index (χ0) is 15.0. The molecule has 1 aliphatic heterocycles. The number of aliphatic carboxylic acids is 1. The van der Waals surface area contributed by atoms with Crippen molar-refractivity contribution >= 4 is 45.0 Å². The smallest absolute Gasteiger partial charge is 0.310 e. The number of benzene rings is 1. The number of thiazole rings is 1. The van der Waals surface area contributed by atoms with E-state index in [4.69, 9.17) is 16.7 Å². The number of carbonyl (C=O) groups excluding carboxylic acids is 1. The molecule has 0 bridgehead atoms. The summed E-state index contributed by atoms with van der Waals surface area (Å²) in [5.74, 6) is -1.24. The number of rotatable bonds is 4. The number of nitrogens with zero attached hydrogens (tertiary/aromatic N) is 2. The molecule has 1 saturated heterocycles. The quantitative estimate of drug-likeness (QED) is 0.937.